The van der Waals surface area contributed by atoms with E-state index < -0.39 is 0 Å². The van der Waals surface area contributed by atoms with Gasteiger partial charge in [0.1, 0.15) is 3.70 Å². The molecule has 0 spiro atoms. The topological polar surface area (TPSA) is 57.4 Å². The van der Waals surface area contributed by atoms with Crippen LogP contribution in [-0.4, -0.2) is 20.4 Å². The quantitative estimate of drug-likeness (QED) is 0.293. The predicted molar refractivity (Wildman–Crippen MR) is 122 cm³/mol. The number of halogens is 1. The van der Waals surface area contributed by atoms with Crippen LogP contribution in [0.1, 0.15) is 52.7 Å². The molecule has 0 saturated carbocycles. The van der Waals surface area contributed by atoms with Crippen LogP contribution >= 0.6 is 22.6 Å². The Hall–Kier alpha value is -1.89. The molecule has 4 nitrogen and oxygen atoms in total. The minimum atomic E-state index is 0.193. The molecule has 4 rings (SSSR count). The molecule has 5 heteroatoms. The van der Waals surface area contributed by atoms with Crippen molar-refractivity contribution >= 4 is 44.4 Å². The highest BCUT2D eigenvalue weighted by atomic mass is 127. The number of fused-ring (bicyclic) bond motifs is 2. The van der Waals surface area contributed by atoms with Gasteiger partial charge >= 0.3 is 0 Å². The Kier molecular flexibility index (Phi) is 5.34. The lowest BCUT2D eigenvalue weighted by molar-refractivity contribution is 0.590. The molecule has 0 atom stereocenters. The average molecular weight is 474 g/mol. The second kappa shape index (κ2) is 7.26. The van der Waals surface area contributed by atoms with Gasteiger partial charge in [-0.3, -0.25) is 10.2 Å². The second-order valence-corrected chi connectivity index (χ2v) is 10.0. The van der Waals surface area contributed by atoms with Crippen molar-refractivity contribution in [2.45, 2.75) is 52.4 Å². The maximum absolute atomic E-state index is 4.26. The lowest BCUT2D eigenvalue weighted by Crippen LogP contribution is -2.10. The third-order valence-electron chi connectivity index (χ3n) is 4.68. The first-order chi connectivity index (χ1) is 12.6. The van der Waals surface area contributed by atoms with Gasteiger partial charge in [-0.05, 0) is 62.7 Å². The van der Waals surface area contributed by atoms with Gasteiger partial charge in [0.2, 0.25) is 0 Å². The molecule has 0 radical (unpaired) electrons. The smallest absolute Gasteiger partial charge is 0.104 e. The molecule has 0 amide bonds. The van der Waals surface area contributed by atoms with Crippen molar-refractivity contribution in [2.24, 2.45) is 0 Å². The monoisotopic (exact) mass is 474 g/mol. The summed E-state index contributed by atoms with van der Waals surface area (Å²) in [6.45, 7) is 13.3. The number of nitrogens with zero attached hydrogens (tertiary/aromatic N) is 2. The molecule has 0 fully saturated rings. The molecule has 4 aromatic rings. The van der Waals surface area contributed by atoms with Crippen LogP contribution in [0.5, 0.6) is 0 Å². The minimum Gasteiger partial charge on any atom is -0.278 e. The summed E-state index contributed by atoms with van der Waals surface area (Å²) in [7, 11) is 0. The van der Waals surface area contributed by atoms with E-state index in [2.05, 4.69) is 121 Å². The molecular weight excluding hydrogens is 447 g/mol. The molecule has 2 N–H and O–H groups in total. The summed E-state index contributed by atoms with van der Waals surface area (Å²) in [5.41, 5.74) is 5.24. The van der Waals surface area contributed by atoms with Gasteiger partial charge < -0.3 is 0 Å². The van der Waals surface area contributed by atoms with Crippen LogP contribution < -0.4 is 0 Å². The fourth-order valence-corrected chi connectivity index (χ4v) is 3.43. The highest BCUT2D eigenvalue weighted by Crippen LogP contribution is 2.27. The SMILES string of the molecule is CC(C)(C)c1ccc2c(I)[nH]nc2c1.CC(C)(C)c1ccc2cn[nH]c2c1. The molecule has 27 heavy (non-hydrogen) atoms. The first-order valence-electron chi connectivity index (χ1n) is 9.13. The number of benzene rings is 2. The lowest BCUT2D eigenvalue weighted by Gasteiger charge is -2.18. The van der Waals surface area contributed by atoms with E-state index in [0.29, 0.717) is 0 Å². The Morgan fingerprint density at radius 2 is 1.44 bits per heavy atom. The number of aromatic amines is 2. The van der Waals surface area contributed by atoms with E-state index >= 15 is 0 Å². The summed E-state index contributed by atoms with van der Waals surface area (Å²) in [4.78, 5) is 0. The van der Waals surface area contributed by atoms with Crippen molar-refractivity contribution < 1.29 is 0 Å². The van der Waals surface area contributed by atoms with Gasteiger partial charge in [-0.25, -0.2) is 0 Å². The molecular formula is C22H27IN4. The van der Waals surface area contributed by atoms with Crippen LogP contribution in [0, 0.1) is 3.70 Å². The average Bonchev–Trinajstić information content (AvgIpc) is 3.19. The van der Waals surface area contributed by atoms with E-state index in [1.807, 2.05) is 6.20 Å². The molecule has 2 heterocycles. The van der Waals surface area contributed by atoms with Crippen LogP contribution in [0.25, 0.3) is 21.8 Å². The fourth-order valence-electron chi connectivity index (χ4n) is 2.85. The van der Waals surface area contributed by atoms with E-state index in [-0.39, 0.29) is 10.8 Å². The number of H-pyrrole nitrogens is 2. The van der Waals surface area contributed by atoms with Crippen LogP contribution in [0.15, 0.2) is 42.6 Å². The van der Waals surface area contributed by atoms with Crippen molar-refractivity contribution in [3.63, 3.8) is 0 Å². The highest BCUT2D eigenvalue weighted by molar-refractivity contribution is 14.1. The normalized spacial score (nSPS) is 12.3. The zero-order valence-corrected chi connectivity index (χ0v) is 19.0. The van der Waals surface area contributed by atoms with Crippen LogP contribution in [0.4, 0.5) is 0 Å². The summed E-state index contributed by atoms with van der Waals surface area (Å²) in [6.07, 6.45) is 1.85. The van der Waals surface area contributed by atoms with Gasteiger partial charge in [0.15, 0.2) is 0 Å². The third-order valence-corrected chi connectivity index (χ3v) is 5.51. The molecule has 0 bridgehead atoms. The predicted octanol–water partition coefficient (Wildman–Crippen LogP) is 6.33. The molecule has 0 unspecified atom stereocenters. The zero-order valence-electron chi connectivity index (χ0n) is 16.8. The number of hydrogen-bond acceptors (Lipinski definition) is 2. The summed E-state index contributed by atoms with van der Waals surface area (Å²) in [5, 5.41) is 16.6. The van der Waals surface area contributed by atoms with Crippen molar-refractivity contribution in [3.05, 3.63) is 57.4 Å². The van der Waals surface area contributed by atoms with Gasteiger partial charge in [-0.1, -0.05) is 59.7 Å². The Morgan fingerprint density at radius 1 is 0.815 bits per heavy atom. The van der Waals surface area contributed by atoms with Crippen LogP contribution in [-0.2, 0) is 10.8 Å². The molecule has 0 aliphatic heterocycles. The Balaban J connectivity index is 0.000000156. The Labute approximate surface area is 174 Å². The highest BCUT2D eigenvalue weighted by Gasteiger charge is 2.15. The summed E-state index contributed by atoms with van der Waals surface area (Å²) in [6, 6.07) is 12.9. The van der Waals surface area contributed by atoms with Crippen molar-refractivity contribution in [1.29, 1.82) is 0 Å². The summed E-state index contributed by atoms with van der Waals surface area (Å²) >= 11 is 2.27. The molecule has 2 aromatic carbocycles. The molecule has 0 aliphatic carbocycles. The fraction of sp³-hybridized carbons (Fsp3) is 0.364. The molecule has 0 saturated heterocycles. The number of aromatic nitrogens is 4. The van der Waals surface area contributed by atoms with Crippen molar-refractivity contribution in [2.75, 3.05) is 0 Å². The summed E-state index contributed by atoms with van der Waals surface area (Å²) < 4.78 is 1.11. The summed E-state index contributed by atoms with van der Waals surface area (Å²) in [5.74, 6) is 0. The Morgan fingerprint density at radius 3 is 2.11 bits per heavy atom. The molecule has 0 aliphatic rings. The van der Waals surface area contributed by atoms with Gasteiger partial charge in [0, 0.05) is 10.8 Å². The van der Waals surface area contributed by atoms with E-state index in [9.17, 15) is 0 Å². The minimum absolute atomic E-state index is 0.193. The lowest BCUT2D eigenvalue weighted by atomic mass is 9.87. The van der Waals surface area contributed by atoms with Gasteiger partial charge in [0.25, 0.3) is 0 Å². The largest absolute Gasteiger partial charge is 0.278 e. The number of rotatable bonds is 0. The van der Waals surface area contributed by atoms with Crippen LogP contribution in [0.2, 0.25) is 0 Å². The molecule has 142 valence electrons. The van der Waals surface area contributed by atoms with Crippen LogP contribution in [0.3, 0.4) is 0 Å². The van der Waals surface area contributed by atoms with Gasteiger partial charge in [-0.15, -0.1) is 0 Å². The standard InChI is InChI=1S/C11H13IN2.C11H14N2/c1-11(2,3)7-4-5-8-9(6-7)13-14-10(8)12;1-11(2,3)9-5-4-8-7-12-13-10(8)6-9/h4-6H,1-3H3,(H,13,14);4-7H,1-3H3,(H,12,13). The van der Waals surface area contributed by atoms with E-state index in [4.69, 9.17) is 0 Å². The molecule has 2 aromatic heterocycles. The van der Waals surface area contributed by atoms with E-state index in [0.717, 1.165) is 14.7 Å². The van der Waals surface area contributed by atoms with Crippen molar-refractivity contribution in [3.8, 4) is 0 Å². The zero-order chi connectivity index (χ0) is 19.8. The third kappa shape index (κ3) is 4.51. The maximum Gasteiger partial charge on any atom is 0.104 e. The van der Waals surface area contributed by atoms with Gasteiger partial charge in [0.05, 0.1) is 17.2 Å². The van der Waals surface area contributed by atoms with Gasteiger partial charge in [-0.2, -0.15) is 10.2 Å². The maximum atomic E-state index is 4.26. The number of nitrogens with one attached hydrogen (secondary N) is 2. The first-order valence-corrected chi connectivity index (χ1v) is 10.2. The first kappa shape index (κ1) is 19.9. The van der Waals surface area contributed by atoms with E-state index in [1.165, 1.54) is 21.9 Å². The van der Waals surface area contributed by atoms with Crippen molar-refractivity contribution in [1.82, 2.24) is 20.4 Å². The Bertz CT molecular complexity index is 1060. The van der Waals surface area contributed by atoms with E-state index in [1.54, 1.807) is 0 Å². The number of hydrogen-bond donors (Lipinski definition) is 2. The second-order valence-electron chi connectivity index (χ2n) is 8.94.